The van der Waals surface area contributed by atoms with E-state index in [2.05, 4.69) is 15.5 Å². The number of urea groups is 1. The van der Waals surface area contributed by atoms with Crippen LogP contribution in [-0.2, 0) is 4.79 Å². The van der Waals surface area contributed by atoms with E-state index < -0.39 is 0 Å². The van der Waals surface area contributed by atoms with Crippen LogP contribution in [0.15, 0.2) is 42.5 Å². The van der Waals surface area contributed by atoms with E-state index in [1.807, 2.05) is 59.2 Å². The molecule has 196 valence electrons. The first kappa shape index (κ1) is 25.1. The zero-order chi connectivity index (χ0) is 25.8. The zero-order valence-electron chi connectivity index (χ0n) is 21.7. The second-order valence-corrected chi connectivity index (χ2v) is 10.5. The summed E-state index contributed by atoms with van der Waals surface area (Å²) < 4.78 is 0. The number of hydrogen-bond acceptors (Lipinski definition) is 4. The van der Waals surface area contributed by atoms with Gasteiger partial charge in [-0.05, 0) is 68.5 Å². The number of nitrogens with zero attached hydrogens (tertiary/aromatic N) is 3. The molecule has 2 saturated heterocycles. The van der Waals surface area contributed by atoms with Gasteiger partial charge < -0.3 is 25.3 Å². The zero-order valence-corrected chi connectivity index (χ0v) is 21.7. The number of benzene rings is 2. The molecule has 0 spiro atoms. The van der Waals surface area contributed by atoms with Gasteiger partial charge in [0.1, 0.15) is 0 Å². The van der Waals surface area contributed by atoms with E-state index >= 15 is 0 Å². The van der Waals surface area contributed by atoms with E-state index in [0.717, 1.165) is 68.6 Å². The molecule has 2 aliphatic heterocycles. The van der Waals surface area contributed by atoms with Crippen LogP contribution in [0.1, 0.15) is 54.4 Å². The van der Waals surface area contributed by atoms with Crippen LogP contribution >= 0.6 is 0 Å². The number of amides is 4. The van der Waals surface area contributed by atoms with Gasteiger partial charge in [0.25, 0.3) is 5.91 Å². The minimum absolute atomic E-state index is 0.0177. The molecular formula is C29H37N5O3. The molecule has 4 amide bonds. The molecule has 3 aliphatic rings. The summed E-state index contributed by atoms with van der Waals surface area (Å²) in [5, 5.41) is 6.05. The molecule has 2 N–H and O–H groups in total. The number of rotatable bonds is 5. The second-order valence-electron chi connectivity index (χ2n) is 10.5. The Morgan fingerprint density at radius 1 is 0.757 bits per heavy atom. The topological polar surface area (TPSA) is 85.0 Å². The van der Waals surface area contributed by atoms with E-state index in [1.54, 1.807) is 0 Å². The number of aryl methyl sites for hydroxylation is 1. The Labute approximate surface area is 219 Å². The highest BCUT2D eigenvalue weighted by molar-refractivity contribution is 6.02. The third-order valence-corrected chi connectivity index (χ3v) is 7.79. The van der Waals surface area contributed by atoms with Gasteiger partial charge in [0.05, 0.1) is 5.56 Å². The van der Waals surface area contributed by atoms with Gasteiger partial charge >= 0.3 is 6.03 Å². The number of nitrogens with one attached hydrogen (secondary N) is 2. The Balaban J connectivity index is 1.29. The first-order valence-electron chi connectivity index (χ1n) is 13.6. The van der Waals surface area contributed by atoms with Crippen molar-refractivity contribution in [2.24, 2.45) is 5.92 Å². The Kier molecular flexibility index (Phi) is 7.63. The summed E-state index contributed by atoms with van der Waals surface area (Å²) in [7, 11) is 0. The van der Waals surface area contributed by atoms with Gasteiger partial charge in [-0.25, -0.2) is 4.79 Å². The summed E-state index contributed by atoms with van der Waals surface area (Å²) in [6.07, 6.45) is 6.12. The SMILES string of the molecule is Cc1cccc(NC(=O)N2CCN(c3ccc(NC(=O)C4CCCC4)cc3C(=O)N3CCCC3)CC2)c1. The lowest BCUT2D eigenvalue weighted by molar-refractivity contribution is -0.119. The number of anilines is 3. The highest BCUT2D eigenvalue weighted by Crippen LogP contribution is 2.30. The molecule has 0 aromatic heterocycles. The third-order valence-electron chi connectivity index (χ3n) is 7.79. The summed E-state index contributed by atoms with van der Waals surface area (Å²) in [6, 6.07) is 13.4. The van der Waals surface area contributed by atoms with Crippen LogP contribution in [0.4, 0.5) is 21.9 Å². The molecule has 8 nitrogen and oxygen atoms in total. The highest BCUT2D eigenvalue weighted by Gasteiger charge is 2.28. The molecule has 0 radical (unpaired) electrons. The molecule has 2 heterocycles. The number of piperazine rings is 1. The van der Waals surface area contributed by atoms with E-state index in [-0.39, 0.29) is 23.8 Å². The van der Waals surface area contributed by atoms with Crippen LogP contribution in [0.5, 0.6) is 0 Å². The van der Waals surface area contributed by atoms with Crippen molar-refractivity contribution in [2.75, 3.05) is 54.8 Å². The van der Waals surface area contributed by atoms with Gasteiger partial charge in [-0.15, -0.1) is 0 Å². The maximum atomic E-state index is 13.5. The molecule has 2 aromatic carbocycles. The third kappa shape index (κ3) is 5.89. The number of likely N-dealkylation sites (tertiary alicyclic amines) is 1. The molecule has 0 unspecified atom stereocenters. The van der Waals surface area contributed by atoms with Crippen molar-refractivity contribution in [1.82, 2.24) is 9.80 Å². The summed E-state index contributed by atoms with van der Waals surface area (Å²) in [6.45, 7) is 5.93. The average molecular weight is 504 g/mol. The molecule has 3 fully saturated rings. The van der Waals surface area contributed by atoms with Crippen LogP contribution in [0.2, 0.25) is 0 Å². The smallest absolute Gasteiger partial charge is 0.321 e. The van der Waals surface area contributed by atoms with Crippen LogP contribution in [-0.4, -0.2) is 66.9 Å². The predicted molar refractivity (Wildman–Crippen MR) is 146 cm³/mol. The molecule has 5 rings (SSSR count). The monoisotopic (exact) mass is 503 g/mol. The standard InChI is InChI=1S/C29H37N5O3/c1-21-7-6-10-23(19-21)31-29(37)34-17-15-32(16-18-34)26-12-11-24(30-27(35)22-8-2-3-9-22)20-25(26)28(36)33-13-4-5-14-33/h6-7,10-12,19-20,22H,2-5,8-9,13-18H2,1H3,(H,30,35)(H,31,37). The highest BCUT2D eigenvalue weighted by atomic mass is 16.2. The lowest BCUT2D eigenvalue weighted by Gasteiger charge is -2.37. The molecule has 1 saturated carbocycles. The van der Waals surface area contributed by atoms with Crippen molar-refractivity contribution in [3.05, 3.63) is 53.6 Å². The summed E-state index contributed by atoms with van der Waals surface area (Å²) in [5.41, 5.74) is 4.07. The second kappa shape index (κ2) is 11.2. The summed E-state index contributed by atoms with van der Waals surface area (Å²) in [4.78, 5) is 45.0. The van der Waals surface area contributed by atoms with E-state index in [9.17, 15) is 14.4 Å². The summed E-state index contributed by atoms with van der Waals surface area (Å²) in [5.74, 6) is 0.138. The number of carbonyl (C=O) groups excluding carboxylic acids is 3. The van der Waals surface area contributed by atoms with Gasteiger partial charge in [0, 0.05) is 62.2 Å². The van der Waals surface area contributed by atoms with E-state index in [4.69, 9.17) is 0 Å². The Morgan fingerprint density at radius 3 is 2.16 bits per heavy atom. The molecule has 2 aromatic rings. The lowest BCUT2D eigenvalue weighted by atomic mass is 10.1. The minimum Gasteiger partial charge on any atom is -0.367 e. The fraction of sp³-hybridized carbons (Fsp3) is 0.483. The number of hydrogen-bond donors (Lipinski definition) is 2. The van der Waals surface area contributed by atoms with Crippen molar-refractivity contribution in [2.45, 2.75) is 45.4 Å². The average Bonchev–Trinajstić information content (AvgIpc) is 3.63. The van der Waals surface area contributed by atoms with Crippen molar-refractivity contribution < 1.29 is 14.4 Å². The van der Waals surface area contributed by atoms with Crippen molar-refractivity contribution >= 4 is 34.9 Å². The van der Waals surface area contributed by atoms with Gasteiger partial charge in [-0.2, -0.15) is 0 Å². The molecule has 0 bridgehead atoms. The first-order valence-corrected chi connectivity index (χ1v) is 13.6. The first-order chi connectivity index (χ1) is 18.0. The minimum atomic E-state index is -0.108. The predicted octanol–water partition coefficient (Wildman–Crippen LogP) is 4.71. The fourth-order valence-electron chi connectivity index (χ4n) is 5.66. The van der Waals surface area contributed by atoms with Crippen LogP contribution in [0.25, 0.3) is 0 Å². The van der Waals surface area contributed by atoms with Gasteiger partial charge in [-0.3, -0.25) is 9.59 Å². The van der Waals surface area contributed by atoms with Crippen LogP contribution < -0.4 is 15.5 Å². The van der Waals surface area contributed by atoms with Crippen molar-refractivity contribution in [3.63, 3.8) is 0 Å². The van der Waals surface area contributed by atoms with Gasteiger partial charge in [0.15, 0.2) is 0 Å². The molecule has 1 aliphatic carbocycles. The van der Waals surface area contributed by atoms with Gasteiger partial charge in [0.2, 0.25) is 5.91 Å². The lowest BCUT2D eigenvalue weighted by Crippen LogP contribution is -2.50. The fourth-order valence-corrected chi connectivity index (χ4v) is 5.66. The Morgan fingerprint density at radius 2 is 1.46 bits per heavy atom. The van der Waals surface area contributed by atoms with E-state index in [0.29, 0.717) is 37.4 Å². The normalized spacial score (nSPS) is 18.2. The Hall–Kier alpha value is -3.55. The van der Waals surface area contributed by atoms with Crippen molar-refractivity contribution in [3.8, 4) is 0 Å². The van der Waals surface area contributed by atoms with Crippen LogP contribution in [0.3, 0.4) is 0 Å². The van der Waals surface area contributed by atoms with Crippen molar-refractivity contribution in [1.29, 1.82) is 0 Å². The molecule has 8 heteroatoms. The van der Waals surface area contributed by atoms with Crippen LogP contribution in [0, 0.1) is 12.8 Å². The van der Waals surface area contributed by atoms with Gasteiger partial charge in [-0.1, -0.05) is 25.0 Å². The molecular weight excluding hydrogens is 466 g/mol. The Bertz CT molecular complexity index is 1150. The van der Waals surface area contributed by atoms with E-state index in [1.165, 1.54) is 0 Å². The maximum absolute atomic E-state index is 13.5. The molecule has 37 heavy (non-hydrogen) atoms. The quantitative estimate of drug-likeness (QED) is 0.619. The maximum Gasteiger partial charge on any atom is 0.321 e. The number of carbonyl (C=O) groups is 3. The largest absolute Gasteiger partial charge is 0.367 e. The summed E-state index contributed by atoms with van der Waals surface area (Å²) >= 11 is 0. The molecule has 0 atom stereocenters.